The molecule has 0 aliphatic carbocycles. The van der Waals surface area contributed by atoms with Crippen molar-refractivity contribution in [1.82, 2.24) is 4.98 Å². The lowest BCUT2D eigenvalue weighted by Gasteiger charge is -2.00. The van der Waals surface area contributed by atoms with Gasteiger partial charge in [-0.3, -0.25) is 0 Å². The molecule has 3 nitrogen and oxygen atoms in total. The monoisotopic (exact) mass is 223 g/mol. The maximum atomic E-state index is 11.6. The predicted molar refractivity (Wildman–Crippen MR) is 59.3 cm³/mol. The minimum Gasteiger partial charge on any atom is -0.462 e. The number of H-pyrrole nitrogens is 1. The molecule has 0 aliphatic heterocycles. The van der Waals surface area contributed by atoms with Crippen molar-refractivity contribution in [3.05, 3.63) is 35.0 Å². The zero-order valence-corrected chi connectivity index (χ0v) is 8.97. The largest absolute Gasteiger partial charge is 0.462 e. The van der Waals surface area contributed by atoms with Gasteiger partial charge in [0.2, 0.25) is 0 Å². The van der Waals surface area contributed by atoms with Gasteiger partial charge in [-0.2, -0.15) is 0 Å². The second-order valence-corrected chi connectivity index (χ2v) is 3.49. The number of aromatic amines is 1. The molecule has 2 aromatic rings. The van der Waals surface area contributed by atoms with Crippen LogP contribution in [0.25, 0.3) is 10.9 Å². The van der Waals surface area contributed by atoms with Gasteiger partial charge in [0.1, 0.15) is 0 Å². The molecule has 0 aliphatic rings. The lowest BCUT2D eigenvalue weighted by molar-refractivity contribution is 0.0529. The predicted octanol–water partition coefficient (Wildman–Crippen LogP) is 3.00. The molecular weight excluding hydrogens is 214 g/mol. The Balaban J connectivity index is 2.57. The highest BCUT2D eigenvalue weighted by molar-refractivity contribution is 6.36. The molecule has 0 atom stereocenters. The number of hydrogen-bond donors (Lipinski definition) is 1. The quantitative estimate of drug-likeness (QED) is 0.796. The summed E-state index contributed by atoms with van der Waals surface area (Å²) in [5.41, 5.74) is 1.32. The van der Waals surface area contributed by atoms with Crippen molar-refractivity contribution in [2.75, 3.05) is 6.61 Å². The van der Waals surface area contributed by atoms with E-state index in [4.69, 9.17) is 16.3 Å². The van der Waals surface area contributed by atoms with Gasteiger partial charge in [-0.05, 0) is 19.1 Å². The normalized spacial score (nSPS) is 10.5. The third kappa shape index (κ3) is 1.70. The van der Waals surface area contributed by atoms with Crippen LogP contribution < -0.4 is 0 Å². The fourth-order valence-corrected chi connectivity index (χ4v) is 1.79. The van der Waals surface area contributed by atoms with Crippen molar-refractivity contribution in [2.45, 2.75) is 6.92 Å². The maximum absolute atomic E-state index is 11.6. The van der Waals surface area contributed by atoms with Crippen LogP contribution in [0.2, 0.25) is 5.02 Å². The first-order valence-corrected chi connectivity index (χ1v) is 5.04. The Morgan fingerprint density at radius 1 is 1.53 bits per heavy atom. The Bertz CT molecular complexity index is 504. The number of ether oxygens (including phenoxy) is 1. The van der Waals surface area contributed by atoms with E-state index < -0.39 is 0 Å². The highest BCUT2D eigenvalue weighted by Crippen LogP contribution is 2.26. The van der Waals surface area contributed by atoms with Gasteiger partial charge < -0.3 is 9.72 Å². The number of benzene rings is 1. The number of aromatic nitrogens is 1. The van der Waals surface area contributed by atoms with E-state index in [0.717, 1.165) is 10.9 Å². The molecule has 0 amide bonds. The Hall–Kier alpha value is -1.48. The Morgan fingerprint density at radius 3 is 3.07 bits per heavy atom. The number of carbonyl (C=O) groups excluding carboxylic acids is 1. The van der Waals surface area contributed by atoms with Crippen LogP contribution in [0.5, 0.6) is 0 Å². The standard InChI is InChI=1S/C11H10ClNO2/c1-2-15-11(14)7-6-13-9-5-3-4-8(12)10(7)9/h3-6,13H,2H2,1H3. The molecule has 0 fully saturated rings. The van der Waals surface area contributed by atoms with Gasteiger partial charge in [-0.1, -0.05) is 17.7 Å². The summed E-state index contributed by atoms with van der Waals surface area (Å²) < 4.78 is 4.93. The summed E-state index contributed by atoms with van der Waals surface area (Å²) in [6.07, 6.45) is 1.62. The summed E-state index contributed by atoms with van der Waals surface area (Å²) in [7, 11) is 0. The second-order valence-electron chi connectivity index (χ2n) is 3.09. The smallest absolute Gasteiger partial charge is 0.340 e. The number of nitrogens with one attached hydrogen (secondary N) is 1. The molecule has 4 heteroatoms. The zero-order valence-electron chi connectivity index (χ0n) is 8.21. The number of rotatable bonds is 2. The summed E-state index contributed by atoms with van der Waals surface area (Å²) in [5.74, 6) is -0.350. The fourth-order valence-electron chi connectivity index (χ4n) is 1.51. The van der Waals surface area contributed by atoms with Crippen molar-refractivity contribution >= 4 is 28.5 Å². The van der Waals surface area contributed by atoms with E-state index in [0.29, 0.717) is 17.2 Å². The summed E-state index contributed by atoms with van der Waals surface area (Å²) >= 11 is 6.02. The van der Waals surface area contributed by atoms with Crippen LogP contribution in [0.4, 0.5) is 0 Å². The average molecular weight is 224 g/mol. The number of esters is 1. The van der Waals surface area contributed by atoms with E-state index in [1.54, 1.807) is 19.2 Å². The fraction of sp³-hybridized carbons (Fsp3) is 0.182. The van der Waals surface area contributed by atoms with Gasteiger partial charge in [0.05, 0.1) is 17.2 Å². The topological polar surface area (TPSA) is 42.1 Å². The van der Waals surface area contributed by atoms with E-state index >= 15 is 0 Å². The van der Waals surface area contributed by atoms with Crippen LogP contribution >= 0.6 is 11.6 Å². The SMILES string of the molecule is CCOC(=O)c1c[nH]c2cccc(Cl)c12. The van der Waals surface area contributed by atoms with E-state index in [9.17, 15) is 4.79 Å². The highest BCUT2D eigenvalue weighted by Gasteiger charge is 2.14. The van der Waals surface area contributed by atoms with Crippen molar-refractivity contribution in [3.8, 4) is 0 Å². The van der Waals surface area contributed by atoms with Crippen molar-refractivity contribution in [3.63, 3.8) is 0 Å². The molecule has 0 spiro atoms. The lowest BCUT2D eigenvalue weighted by Crippen LogP contribution is -2.03. The van der Waals surface area contributed by atoms with E-state index in [1.807, 2.05) is 12.1 Å². The van der Waals surface area contributed by atoms with Crippen LogP contribution in [-0.2, 0) is 4.74 Å². The number of hydrogen-bond acceptors (Lipinski definition) is 2. The molecule has 0 radical (unpaired) electrons. The zero-order chi connectivity index (χ0) is 10.8. The summed E-state index contributed by atoms with van der Waals surface area (Å²) in [6, 6.07) is 5.44. The number of carbonyl (C=O) groups is 1. The molecule has 0 bridgehead atoms. The van der Waals surface area contributed by atoms with Gasteiger partial charge in [0, 0.05) is 17.1 Å². The molecule has 1 aromatic heterocycles. The average Bonchev–Trinajstić information content (AvgIpc) is 2.63. The minimum atomic E-state index is -0.350. The van der Waals surface area contributed by atoms with Crippen molar-refractivity contribution in [2.24, 2.45) is 0 Å². The van der Waals surface area contributed by atoms with Gasteiger partial charge in [-0.25, -0.2) is 4.79 Å². The van der Waals surface area contributed by atoms with Crippen LogP contribution in [-0.4, -0.2) is 17.6 Å². The Labute approximate surface area is 92.0 Å². The molecular formula is C11H10ClNO2. The van der Waals surface area contributed by atoms with Gasteiger partial charge in [0.15, 0.2) is 0 Å². The molecule has 78 valence electrons. The van der Waals surface area contributed by atoms with Crippen molar-refractivity contribution in [1.29, 1.82) is 0 Å². The highest BCUT2D eigenvalue weighted by atomic mass is 35.5. The summed E-state index contributed by atoms with van der Waals surface area (Å²) in [5, 5.41) is 1.27. The molecule has 0 unspecified atom stereocenters. The number of fused-ring (bicyclic) bond motifs is 1. The molecule has 2 rings (SSSR count). The molecule has 1 N–H and O–H groups in total. The van der Waals surface area contributed by atoms with Gasteiger partial charge >= 0.3 is 5.97 Å². The van der Waals surface area contributed by atoms with Crippen LogP contribution in [0.3, 0.4) is 0 Å². The lowest BCUT2D eigenvalue weighted by atomic mass is 10.2. The van der Waals surface area contributed by atoms with Crippen LogP contribution in [0, 0.1) is 0 Å². The van der Waals surface area contributed by atoms with Crippen LogP contribution in [0.1, 0.15) is 17.3 Å². The second kappa shape index (κ2) is 3.95. The van der Waals surface area contributed by atoms with E-state index in [2.05, 4.69) is 4.98 Å². The summed E-state index contributed by atoms with van der Waals surface area (Å²) in [4.78, 5) is 14.6. The first-order valence-electron chi connectivity index (χ1n) is 4.66. The van der Waals surface area contributed by atoms with Crippen LogP contribution in [0.15, 0.2) is 24.4 Å². The van der Waals surface area contributed by atoms with Crippen molar-refractivity contribution < 1.29 is 9.53 Å². The number of halogens is 1. The first kappa shape index (κ1) is 10.1. The van der Waals surface area contributed by atoms with Gasteiger partial charge in [0.25, 0.3) is 0 Å². The summed E-state index contributed by atoms with van der Waals surface area (Å²) in [6.45, 7) is 2.13. The third-order valence-electron chi connectivity index (χ3n) is 2.15. The molecule has 0 saturated carbocycles. The molecule has 1 aromatic carbocycles. The Kier molecular flexibility index (Phi) is 2.64. The van der Waals surface area contributed by atoms with Gasteiger partial charge in [-0.15, -0.1) is 0 Å². The minimum absolute atomic E-state index is 0.350. The maximum Gasteiger partial charge on any atom is 0.340 e. The Morgan fingerprint density at radius 2 is 2.33 bits per heavy atom. The van der Waals surface area contributed by atoms with E-state index in [-0.39, 0.29) is 5.97 Å². The molecule has 0 saturated heterocycles. The first-order chi connectivity index (χ1) is 7.24. The van der Waals surface area contributed by atoms with E-state index in [1.165, 1.54) is 0 Å². The molecule has 15 heavy (non-hydrogen) atoms. The third-order valence-corrected chi connectivity index (χ3v) is 2.47. The molecule has 1 heterocycles.